The van der Waals surface area contributed by atoms with E-state index in [1.54, 1.807) is 54.6 Å². The number of carbonyl (C=O) groups excluding carboxylic acids is 1. The first-order valence-corrected chi connectivity index (χ1v) is 9.01. The molecule has 0 unspecified atom stereocenters. The molecule has 3 aromatic rings. The summed E-state index contributed by atoms with van der Waals surface area (Å²) in [5, 5.41) is 28.6. The summed E-state index contributed by atoms with van der Waals surface area (Å²) in [5.41, 5.74) is 2.18. The van der Waals surface area contributed by atoms with Gasteiger partial charge >= 0.3 is 5.97 Å². The Hall–Kier alpha value is -4.19. The highest BCUT2D eigenvalue weighted by atomic mass is 16.5. The number of rotatable bonds is 6. The number of esters is 1. The van der Waals surface area contributed by atoms with E-state index in [-0.39, 0.29) is 17.2 Å². The summed E-state index contributed by atoms with van der Waals surface area (Å²) in [7, 11) is 1.45. The first-order chi connectivity index (χ1) is 14.4. The predicted molar refractivity (Wildman–Crippen MR) is 114 cm³/mol. The van der Waals surface area contributed by atoms with Gasteiger partial charge in [-0.3, -0.25) is 0 Å². The number of phenols is 3. The highest BCUT2D eigenvalue weighted by Gasteiger charge is 2.03. The second-order valence-corrected chi connectivity index (χ2v) is 6.37. The van der Waals surface area contributed by atoms with Crippen LogP contribution in [0.2, 0.25) is 0 Å². The Morgan fingerprint density at radius 1 is 0.767 bits per heavy atom. The molecule has 0 saturated heterocycles. The first kappa shape index (κ1) is 20.5. The molecule has 0 radical (unpaired) electrons. The summed E-state index contributed by atoms with van der Waals surface area (Å²) in [4.78, 5) is 12.0. The molecule has 3 aromatic carbocycles. The summed E-state index contributed by atoms with van der Waals surface area (Å²) >= 11 is 0. The van der Waals surface area contributed by atoms with E-state index < -0.39 is 5.97 Å². The smallest absolute Gasteiger partial charge is 0.336 e. The number of aromatic hydroxyl groups is 3. The van der Waals surface area contributed by atoms with Gasteiger partial charge in [0, 0.05) is 12.1 Å². The van der Waals surface area contributed by atoms with Crippen molar-refractivity contribution < 1.29 is 29.6 Å². The van der Waals surface area contributed by atoms with Crippen LogP contribution in [0.1, 0.15) is 16.7 Å². The van der Waals surface area contributed by atoms with Crippen molar-refractivity contribution in [3.05, 3.63) is 83.4 Å². The molecule has 0 aliphatic carbocycles. The molecule has 0 atom stereocenters. The molecule has 0 bridgehead atoms. The Morgan fingerprint density at radius 3 is 2.07 bits per heavy atom. The fourth-order valence-corrected chi connectivity index (χ4v) is 2.67. The van der Waals surface area contributed by atoms with Crippen molar-refractivity contribution in [2.45, 2.75) is 0 Å². The molecule has 3 N–H and O–H groups in total. The van der Waals surface area contributed by atoms with Crippen LogP contribution in [0.5, 0.6) is 28.7 Å². The Bertz CT molecular complexity index is 1080. The predicted octanol–water partition coefficient (Wildman–Crippen LogP) is 4.60. The molecule has 0 spiro atoms. The number of benzene rings is 3. The van der Waals surface area contributed by atoms with Gasteiger partial charge in [0.2, 0.25) is 0 Å². The van der Waals surface area contributed by atoms with Crippen LogP contribution in [-0.4, -0.2) is 28.4 Å². The van der Waals surface area contributed by atoms with Crippen LogP contribution in [0, 0.1) is 0 Å². The zero-order valence-electron chi connectivity index (χ0n) is 16.1. The third-order valence-corrected chi connectivity index (χ3v) is 4.11. The molecule has 152 valence electrons. The minimum absolute atomic E-state index is 0.0179. The van der Waals surface area contributed by atoms with Gasteiger partial charge in [0.25, 0.3) is 0 Å². The second-order valence-electron chi connectivity index (χ2n) is 6.37. The number of hydrogen-bond acceptors (Lipinski definition) is 6. The average Bonchev–Trinajstić information content (AvgIpc) is 2.72. The Labute approximate surface area is 173 Å². The molecule has 3 rings (SSSR count). The van der Waals surface area contributed by atoms with Crippen molar-refractivity contribution >= 4 is 24.2 Å². The number of methoxy groups -OCH3 is 1. The summed E-state index contributed by atoms with van der Waals surface area (Å²) < 4.78 is 10.3. The largest absolute Gasteiger partial charge is 0.508 e. The fourth-order valence-electron chi connectivity index (χ4n) is 2.67. The molecule has 0 aromatic heterocycles. The summed E-state index contributed by atoms with van der Waals surface area (Å²) in [6, 6.07) is 15.9. The van der Waals surface area contributed by atoms with E-state index in [1.807, 2.05) is 0 Å². The monoisotopic (exact) mass is 404 g/mol. The van der Waals surface area contributed by atoms with E-state index in [4.69, 9.17) is 9.47 Å². The van der Waals surface area contributed by atoms with E-state index in [2.05, 4.69) is 0 Å². The molecule has 0 aliphatic heterocycles. The minimum Gasteiger partial charge on any atom is -0.508 e. The van der Waals surface area contributed by atoms with Crippen LogP contribution in [0.25, 0.3) is 18.2 Å². The number of carbonyl (C=O) groups is 1. The third-order valence-electron chi connectivity index (χ3n) is 4.11. The molecule has 0 amide bonds. The van der Waals surface area contributed by atoms with Gasteiger partial charge in [-0.25, -0.2) is 4.79 Å². The minimum atomic E-state index is -0.541. The molecular formula is C24H20O6. The lowest BCUT2D eigenvalue weighted by atomic mass is 10.1. The summed E-state index contributed by atoms with van der Waals surface area (Å²) in [5.74, 6) is 0.148. The van der Waals surface area contributed by atoms with Crippen LogP contribution < -0.4 is 9.47 Å². The van der Waals surface area contributed by atoms with Gasteiger partial charge < -0.3 is 24.8 Å². The van der Waals surface area contributed by atoms with E-state index in [9.17, 15) is 20.1 Å². The fraction of sp³-hybridized carbons (Fsp3) is 0.0417. The molecule has 0 heterocycles. The number of ether oxygens (including phenoxy) is 2. The Kier molecular flexibility index (Phi) is 6.39. The van der Waals surface area contributed by atoms with Crippen molar-refractivity contribution in [3.63, 3.8) is 0 Å². The van der Waals surface area contributed by atoms with Crippen LogP contribution in [0.15, 0.2) is 66.7 Å². The van der Waals surface area contributed by atoms with E-state index >= 15 is 0 Å². The van der Waals surface area contributed by atoms with Gasteiger partial charge in [-0.05, 0) is 59.2 Å². The highest BCUT2D eigenvalue weighted by Crippen LogP contribution is 2.27. The average molecular weight is 404 g/mol. The van der Waals surface area contributed by atoms with Crippen molar-refractivity contribution in [1.29, 1.82) is 0 Å². The van der Waals surface area contributed by atoms with Gasteiger partial charge in [-0.1, -0.05) is 30.4 Å². The van der Waals surface area contributed by atoms with Crippen molar-refractivity contribution in [1.82, 2.24) is 0 Å². The molecule has 0 fully saturated rings. The van der Waals surface area contributed by atoms with Crippen molar-refractivity contribution in [3.8, 4) is 28.7 Å². The molecule has 6 heteroatoms. The van der Waals surface area contributed by atoms with Gasteiger partial charge in [-0.2, -0.15) is 0 Å². The van der Waals surface area contributed by atoms with Crippen LogP contribution in [-0.2, 0) is 4.79 Å². The van der Waals surface area contributed by atoms with Crippen molar-refractivity contribution in [2.24, 2.45) is 0 Å². The van der Waals surface area contributed by atoms with Crippen LogP contribution >= 0.6 is 0 Å². The second kappa shape index (κ2) is 9.34. The third kappa shape index (κ3) is 5.65. The van der Waals surface area contributed by atoms with Crippen LogP contribution in [0.3, 0.4) is 0 Å². The molecule has 30 heavy (non-hydrogen) atoms. The van der Waals surface area contributed by atoms with Gasteiger partial charge in [0.05, 0.1) is 7.11 Å². The van der Waals surface area contributed by atoms with Gasteiger partial charge in [0.1, 0.15) is 17.2 Å². The lowest BCUT2D eigenvalue weighted by Crippen LogP contribution is -2.03. The van der Waals surface area contributed by atoms with E-state index in [0.717, 1.165) is 5.56 Å². The lowest BCUT2D eigenvalue weighted by Gasteiger charge is -2.04. The Balaban J connectivity index is 1.61. The molecule has 0 saturated carbocycles. The maximum absolute atomic E-state index is 12.0. The molecule has 0 aliphatic rings. The van der Waals surface area contributed by atoms with E-state index in [1.165, 1.54) is 37.5 Å². The molecule has 6 nitrogen and oxygen atoms in total. The van der Waals surface area contributed by atoms with Crippen molar-refractivity contribution in [2.75, 3.05) is 7.11 Å². The lowest BCUT2D eigenvalue weighted by molar-refractivity contribution is -0.128. The van der Waals surface area contributed by atoms with Crippen LogP contribution in [0.4, 0.5) is 0 Å². The number of hydrogen-bond donors (Lipinski definition) is 3. The van der Waals surface area contributed by atoms with E-state index in [0.29, 0.717) is 22.6 Å². The quantitative estimate of drug-likeness (QED) is 0.240. The summed E-state index contributed by atoms with van der Waals surface area (Å²) in [6.07, 6.45) is 6.40. The molecular weight excluding hydrogens is 384 g/mol. The Morgan fingerprint density at radius 2 is 1.40 bits per heavy atom. The van der Waals surface area contributed by atoms with Gasteiger partial charge in [0.15, 0.2) is 11.5 Å². The standard InChI is InChI=1S/C24H20O6/c1-29-23-14-17(6-10-22(23)27)7-11-24(28)30-21-8-4-16(5-9-21)2-3-18-12-19(25)15-20(26)13-18/h2-15,25-27H,1H3/b3-2-,11-7+. The number of phenolic OH excluding ortho intramolecular Hbond substituents is 3. The summed E-state index contributed by atoms with van der Waals surface area (Å²) in [6.45, 7) is 0. The highest BCUT2D eigenvalue weighted by molar-refractivity contribution is 5.88. The zero-order chi connectivity index (χ0) is 21.5. The SMILES string of the molecule is COc1cc(/C=C/C(=O)Oc2ccc(/C=C\c3cc(O)cc(O)c3)cc2)ccc1O. The zero-order valence-corrected chi connectivity index (χ0v) is 16.1. The maximum Gasteiger partial charge on any atom is 0.336 e. The first-order valence-electron chi connectivity index (χ1n) is 9.01. The van der Waals surface area contributed by atoms with Gasteiger partial charge in [-0.15, -0.1) is 0 Å². The maximum atomic E-state index is 12.0. The normalized spacial score (nSPS) is 11.1. The topological polar surface area (TPSA) is 96.2 Å².